The number of aromatic hydroxyl groups is 1. The van der Waals surface area contributed by atoms with E-state index in [9.17, 15) is 14.3 Å². The van der Waals surface area contributed by atoms with Gasteiger partial charge in [0.1, 0.15) is 17.1 Å². The van der Waals surface area contributed by atoms with E-state index in [0.717, 1.165) is 19.3 Å². The van der Waals surface area contributed by atoms with E-state index in [2.05, 4.69) is 19.2 Å². The lowest BCUT2D eigenvalue weighted by atomic mass is 9.93. The monoisotopic (exact) mass is 265 g/mol. The molecule has 2 N–H and O–H groups in total. The van der Waals surface area contributed by atoms with Crippen LogP contribution in [-0.4, -0.2) is 17.1 Å². The maximum Gasteiger partial charge on any atom is 0.258 e. The molecule has 1 amide bonds. The summed E-state index contributed by atoms with van der Waals surface area (Å²) < 4.78 is 13.6. The van der Waals surface area contributed by atoms with Crippen molar-refractivity contribution in [2.24, 2.45) is 11.8 Å². The quantitative estimate of drug-likeness (QED) is 0.882. The molecule has 3 unspecified atom stereocenters. The highest BCUT2D eigenvalue weighted by Crippen LogP contribution is 2.34. The predicted molar refractivity (Wildman–Crippen MR) is 71.5 cm³/mol. The van der Waals surface area contributed by atoms with Crippen molar-refractivity contribution in [3.63, 3.8) is 0 Å². The van der Waals surface area contributed by atoms with E-state index < -0.39 is 11.7 Å². The van der Waals surface area contributed by atoms with Crippen LogP contribution in [0.2, 0.25) is 0 Å². The molecule has 0 bridgehead atoms. The minimum absolute atomic E-state index is 0.0662. The SMILES string of the molecule is CCC1CCC(NC(=O)c2c(O)cccc2F)C1C. The summed E-state index contributed by atoms with van der Waals surface area (Å²) in [5.41, 5.74) is -0.255. The molecular weight excluding hydrogens is 245 g/mol. The van der Waals surface area contributed by atoms with Crippen molar-refractivity contribution >= 4 is 5.91 Å². The van der Waals surface area contributed by atoms with E-state index in [1.54, 1.807) is 0 Å². The van der Waals surface area contributed by atoms with Crippen LogP contribution in [-0.2, 0) is 0 Å². The van der Waals surface area contributed by atoms with Gasteiger partial charge in [0.05, 0.1) is 0 Å². The van der Waals surface area contributed by atoms with Crippen LogP contribution >= 0.6 is 0 Å². The van der Waals surface area contributed by atoms with Gasteiger partial charge in [-0.05, 0) is 36.8 Å². The molecule has 4 heteroatoms. The molecular formula is C15H20FNO2. The molecule has 19 heavy (non-hydrogen) atoms. The number of amides is 1. The lowest BCUT2D eigenvalue weighted by Gasteiger charge is -2.21. The topological polar surface area (TPSA) is 49.3 Å². The summed E-state index contributed by atoms with van der Waals surface area (Å²) in [5.74, 6) is -0.517. The van der Waals surface area contributed by atoms with Crippen LogP contribution in [0.15, 0.2) is 18.2 Å². The van der Waals surface area contributed by atoms with Crippen LogP contribution in [0, 0.1) is 17.7 Å². The van der Waals surface area contributed by atoms with Gasteiger partial charge in [-0.3, -0.25) is 4.79 Å². The molecule has 0 saturated heterocycles. The highest BCUT2D eigenvalue weighted by Gasteiger charge is 2.33. The summed E-state index contributed by atoms with van der Waals surface area (Å²) in [7, 11) is 0. The third kappa shape index (κ3) is 2.72. The molecule has 104 valence electrons. The van der Waals surface area contributed by atoms with Gasteiger partial charge < -0.3 is 10.4 Å². The van der Waals surface area contributed by atoms with Gasteiger partial charge in [0.15, 0.2) is 0 Å². The molecule has 1 fully saturated rings. The second-order valence-electron chi connectivity index (χ2n) is 5.32. The van der Waals surface area contributed by atoms with Gasteiger partial charge in [-0.15, -0.1) is 0 Å². The molecule has 1 saturated carbocycles. The Morgan fingerprint density at radius 1 is 1.47 bits per heavy atom. The summed E-state index contributed by atoms with van der Waals surface area (Å²) in [6.07, 6.45) is 3.10. The number of hydrogen-bond acceptors (Lipinski definition) is 2. The van der Waals surface area contributed by atoms with Crippen molar-refractivity contribution in [2.45, 2.75) is 39.2 Å². The first kappa shape index (κ1) is 13.8. The Bertz CT molecular complexity index is 455. The Balaban J connectivity index is 2.10. The number of hydrogen-bond donors (Lipinski definition) is 2. The van der Waals surface area contributed by atoms with Crippen molar-refractivity contribution in [3.8, 4) is 5.75 Å². The van der Waals surface area contributed by atoms with E-state index in [-0.39, 0.29) is 17.4 Å². The van der Waals surface area contributed by atoms with Crippen molar-refractivity contribution in [2.75, 3.05) is 0 Å². The number of carbonyl (C=O) groups excluding carboxylic acids is 1. The predicted octanol–water partition coefficient (Wildman–Crippen LogP) is 3.09. The maximum atomic E-state index is 13.6. The standard InChI is InChI=1S/C15H20FNO2/c1-3-10-7-8-12(9(10)2)17-15(19)14-11(16)5-4-6-13(14)18/h4-6,9-10,12,18H,3,7-8H2,1-2H3,(H,17,19). The summed E-state index contributed by atoms with van der Waals surface area (Å²) in [5, 5.41) is 12.5. The smallest absolute Gasteiger partial charge is 0.258 e. The highest BCUT2D eigenvalue weighted by atomic mass is 19.1. The molecule has 3 atom stereocenters. The fourth-order valence-electron chi connectivity index (χ4n) is 3.01. The van der Waals surface area contributed by atoms with Crippen LogP contribution in [0.25, 0.3) is 0 Å². The first-order valence-corrected chi connectivity index (χ1v) is 6.83. The van der Waals surface area contributed by atoms with Crippen LogP contribution in [0.1, 0.15) is 43.5 Å². The molecule has 2 rings (SSSR count). The lowest BCUT2D eigenvalue weighted by molar-refractivity contribution is 0.0919. The van der Waals surface area contributed by atoms with E-state index in [4.69, 9.17) is 0 Å². The molecule has 1 aliphatic carbocycles. The van der Waals surface area contributed by atoms with Gasteiger partial charge in [0, 0.05) is 6.04 Å². The number of phenolic OH excluding ortho intramolecular Hbond substituents is 1. The molecule has 0 heterocycles. The molecule has 0 radical (unpaired) electrons. The van der Waals surface area contributed by atoms with Crippen molar-refractivity contribution < 1.29 is 14.3 Å². The number of carbonyl (C=O) groups is 1. The van der Waals surface area contributed by atoms with Crippen molar-refractivity contribution in [1.82, 2.24) is 5.32 Å². The van der Waals surface area contributed by atoms with E-state index in [1.165, 1.54) is 18.2 Å². The second kappa shape index (κ2) is 5.59. The largest absolute Gasteiger partial charge is 0.507 e. The Morgan fingerprint density at radius 2 is 2.21 bits per heavy atom. The van der Waals surface area contributed by atoms with E-state index >= 15 is 0 Å². The number of nitrogens with one attached hydrogen (secondary N) is 1. The Labute approximate surface area is 112 Å². The van der Waals surface area contributed by atoms with Gasteiger partial charge >= 0.3 is 0 Å². The fourth-order valence-corrected chi connectivity index (χ4v) is 3.01. The Morgan fingerprint density at radius 3 is 2.79 bits per heavy atom. The molecule has 1 aromatic carbocycles. The number of rotatable bonds is 3. The third-order valence-corrected chi connectivity index (χ3v) is 4.29. The minimum Gasteiger partial charge on any atom is -0.507 e. The molecule has 1 aromatic rings. The maximum absolute atomic E-state index is 13.6. The Kier molecular flexibility index (Phi) is 4.08. The first-order chi connectivity index (χ1) is 9.04. The highest BCUT2D eigenvalue weighted by molar-refractivity contribution is 5.97. The summed E-state index contributed by atoms with van der Waals surface area (Å²) in [6, 6.07) is 3.95. The second-order valence-corrected chi connectivity index (χ2v) is 5.32. The number of phenols is 1. The molecule has 0 aliphatic heterocycles. The van der Waals surface area contributed by atoms with Crippen molar-refractivity contribution in [1.29, 1.82) is 0 Å². The summed E-state index contributed by atoms with van der Waals surface area (Å²) in [4.78, 5) is 12.1. The third-order valence-electron chi connectivity index (χ3n) is 4.29. The summed E-state index contributed by atoms with van der Waals surface area (Å²) >= 11 is 0. The van der Waals surface area contributed by atoms with Crippen LogP contribution in [0.4, 0.5) is 4.39 Å². The van der Waals surface area contributed by atoms with Gasteiger partial charge in [-0.25, -0.2) is 4.39 Å². The first-order valence-electron chi connectivity index (χ1n) is 6.83. The van der Waals surface area contributed by atoms with Gasteiger partial charge in [0.25, 0.3) is 5.91 Å². The fraction of sp³-hybridized carbons (Fsp3) is 0.533. The zero-order valence-electron chi connectivity index (χ0n) is 11.3. The van der Waals surface area contributed by atoms with Crippen LogP contribution in [0.5, 0.6) is 5.75 Å². The van der Waals surface area contributed by atoms with Crippen molar-refractivity contribution in [3.05, 3.63) is 29.6 Å². The zero-order valence-corrected chi connectivity index (χ0v) is 11.3. The van der Waals surface area contributed by atoms with Gasteiger partial charge in [-0.1, -0.05) is 26.3 Å². The number of halogens is 1. The average Bonchev–Trinajstić information content (AvgIpc) is 2.70. The van der Waals surface area contributed by atoms with Crippen LogP contribution < -0.4 is 5.32 Å². The molecule has 0 spiro atoms. The van der Waals surface area contributed by atoms with Gasteiger partial charge in [-0.2, -0.15) is 0 Å². The molecule has 3 nitrogen and oxygen atoms in total. The molecule has 0 aromatic heterocycles. The molecule has 1 aliphatic rings. The average molecular weight is 265 g/mol. The Hall–Kier alpha value is -1.58. The zero-order chi connectivity index (χ0) is 14.0. The number of benzene rings is 1. The lowest BCUT2D eigenvalue weighted by Crippen LogP contribution is -2.37. The van der Waals surface area contributed by atoms with E-state index in [1.807, 2.05) is 0 Å². The minimum atomic E-state index is -0.685. The summed E-state index contributed by atoms with van der Waals surface area (Å²) in [6.45, 7) is 4.27. The van der Waals surface area contributed by atoms with Gasteiger partial charge in [0.2, 0.25) is 0 Å². The van der Waals surface area contributed by atoms with E-state index in [0.29, 0.717) is 11.8 Å². The normalized spacial score (nSPS) is 26.4. The van der Waals surface area contributed by atoms with Crippen LogP contribution in [0.3, 0.4) is 0 Å².